The molecule has 0 aliphatic carbocycles. The number of hydrogen-bond donors (Lipinski definition) is 2. The minimum absolute atomic E-state index is 0.00289. The Hall–Kier alpha value is -2.28. The van der Waals surface area contributed by atoms with E-state index in [1.54, 1.807) is 18.2 Å². The smallest absolute Gasteiger partial charge is 0.255 e. The van der Waals surface area contributed by atoms with Crippen molar-refractivity contribution in [2.24, 2.45) is 0 Å². The van der Waals surface area contributed by atoms with Crippen molar-refractivity contribution in [3.05, 3.63) is 58.3 Å². The second-order valence-corrected chi connectivity index (χ2v) is 5.19. The largest absolute Gasteiger partial charge is 0.345 e. The van der Waals surface area contributed by atoms with E-state index in [2.05, 4.69) is 31.2 Å². The summed E-state index contributed by atoms with van der Waals surface area (Å²) in [7, 11) is 0. The third kappa shape index (κ3) is 2.64. The van der Waals surface area contributed by atoms with Crippen LogP contribution in [0, 0.1) is 11.6 Å². The van der Waals surface area contributed by atoms with Gasteiger partial charge in [0.1, 0.15) is 11.6 Å². The summed E-state index contributed by atoms with van der Waals surface area (Å²) in [5, 5.41) is 2.34. The van der Waals surface area contributed by atoms with Gasteiger partial charge in [-0.1, -0.05) is 0 Å². The normalized spacial score (nSPS) is 10.8. The number of amides is 1. The minimum atomic E-state index is -0.723. The first-order chi connectivity index (χ1) is 10.0. The number of H-pyrrole nitrogens is 1. The number of rotatable bonds is 2. The van der Waals surface area contributed by atoms with Gasteiger partial charge >= 0.3 is 0 Å². The Labute approximate surface area is 126 Å². The zero-order valence-corrected chi connectivity index (χ0v) is 12.0. The van der Waals surface area contributed by atoms with Crippen LogP contribution in [0.4, 0.5) is 14.5 Å². The Bertz CT molecular complexity index is 847. The lowest BCUT2D eigenvalue weighted by Gasteiger charge is -2.07. The van der Waals surface area contributed by atoms with Crippen LogP contribution in [0.15, 0.2) is 41.1 Å². The van der Waals surface area contributed by atoms with Gasteiger partial charge in [0, 0.05) is 11.6 Å². The zero-order chi connectivity index (χ0) is 15.0. The van der Waals surface area contributed by atoms with Crippen LogP contribution < -0.4 is 5.32 Å². The van der Waals surface area contributed by atoms with Crippen LogP contribution >= 0.6 is 15.9 Å². The number of aromatic amines is 1. The first kappa shape index (κ1) is 13.7. The van der Waals surface area contributed by atoms with E-state index in [4.69, 9.17) is 0 Å². The average molecular weight is 352 g/mol. The van der Waals surface area contributed by atoms with Crippen molar-refractivity contribution in [3.63, 3.8) is 0 Å². The number of aromatic nitrogens is 2. The molecule has 2 N–H and O–H groups in total. The molecule has 1 amide bonds. The molecule has 7 heteroatoms. The SMILES string of the molecule is O=C(Nc1cc(F)c(Br)cc1F)c1ccc2nc[nH]c2c1. The van der Waals surface area contributed by atoms with Crippen LogP contribution in [-0.4, -0.2) is 15.9 Å². The van der Waals surface area contributed by atoms with Crippen molar-refractivity contribution in [2.45, 2.75) is 0 Å². The highest BCUT2D eigenvalue weighted by molar-refractivity contribution is 9.10. The lowest BCUT2D eigenvalue weighted by atomic mass is 10.2. The van der Waals surface area contributed by atoms with Gasteiger partial charge in [-0.25, -0.2) is 13.8 Å². The summed E-state index contributed by atoms with van der Waals surface area (Å²) in [6.45, 7) is 0. The number of carbonyl (C=O) groups excluding carboxylic acids is 1. The molecule has 0 saturated heterocycles. The number of nitrogens with zero attached hydrogens (tertiary/aromatic N) is 1. The summed E-state index contributed by atoms with van der Waals surface area (Å²) >= 11 is 2.88. The molecule has 2 aromatic carbocycles. The topological polar surface area (TPSA) is 57.8 Å². The molecule has 1 aromatic heterocycles. The maximum absolute atomic E-state index is 13.7. The van der Waals surface area contributed by atoms with Gasteiger partial charge in [-0.05, 0) is 40.2 Å². The molecule has 0 aliphatic heterocycles. The molecule has 106 valence electrons. The summed E-state index contributed by atoms with van der Waals surface area (Å²) in [4.78, 5) is 19.0. The van der Waals surface area contributed by atoms with E-state index in [0.717, 1.165) is 12.1 Å². The molecule has 0 saturated carbocycles. The molecule has 0 bridgehead atoms. The number of imidazole rings is 1. The van der Waals surface area contributed by atoms with E-state index in [-0.39, 0.29) is 10.2 Å². The lowest BCUT2D eigenvalue weighted by molar-refractivity contribution is 0.102. The Kier molecular flexibility index (Phi) is 3.42. The Morgan fingerprint density at radius 1 is 1.19 bits per heavy atom. The van der Waals surface area contributed by atoms with Crippen molar-refractivity contribution in [2.75, 3.05) is 5.32 Å². The molecule has 0 spiro atoms. The molecular weight excluding hydrogens is 344 g/mol. The van der Waals surface area contributed by atoms with E-state index < -0.39 is 17.5 Å². The fourth-order valence-electron chi connectivity index (χ4n) is 1.89. The Balaban J connectivity index is 1.90. The van der Waals surface area contributed by atoms with E-state index in [0.29, 0.717) is 16.6 Å². The highest BCUT2D eigenvalue weighted by Crippen LogP contribution is 2.24. The predicted molar refractivity (Wildman–Crippen MR) is 78.1 cm³/mol. The van der Waals surface area contributed by atoms with Crippen LogP contribution in [0.1, 0.15) is 10.4 Å². The van der Waals surface area contributed by atoms with E-state index in [1.807, 2.05) is 0 Å². The molecule has 0 radical (unpaired) electrons. The number of carbonyl (C=O) groups is 1. The van der Waals surface area contributed by atoms with Crippen LogP contribution in [-0.2, 0) is 0 Å². The summed E-state index contributed by atoms with van der Waals surface area (Å²) in [6, 6.07) is 6.70. The predicted octanol–water partition coefficient (Wildman–Crippen LogP) is 3.86. The number of benzene rings is 2. The number of halogens is 3. The lowest BCUT2D eigenvalue weighted by Crippen LogP contribution is -2.13. The first-order valence-corrected chi connectivity index (χ1v) is 6.73. The van der Waals surface area contributed by atoms with Gasteiger partial charge in [-0.2, -0.15) is 0 Å². The molecule has 0 unspecified atom stereocenters. The van der Waals surface area contributed by atoms with Crippen molar-refractivity contribution < 1.29 is 13.6 Å². The van der Waals surface area contributed by atoms with Gasteiger partial charge in [0.15, 0.2) is 0 Å². The van der Waals surface area contributed by atoms with Crippen molar-refractivity contribution >= 4 is 38.6 Å². The molecule has 0 aliphatic rings. The molecule has 1 heterocycles. The Morgan fingerprint density at radius 3 is 2.81 bits per heavy atom. The van der Waals surface area contributed by atoms with Crippen molar-refractivity contribution in [1.29, 1.82) is 0 Å². The molecule has 4 nitrogen and oxygen atoms in total. The standard InChI is InChI=1S/C14H8BrF2N3O/c15-8-4-10(17)12(5-9(8)16)20-14(21)7-1-2-11-13(3-7)19-6-18-11/h1-6H,(H,18,19)(H,20,21). The molecule has 3 aromatic rings. The zero-order valence-electron chi connectivity index (χ0n) is 10.5. The first-order valence-electron chi connectivity index (χ1n) is 5.93. The number of fused-ring (bicyclic) bond motifs is 1. The van der Waals surface area contributed by atoms with Crippen LogP contribution in [0.2, 0.25) is 0 Å². The van der Waals surface area contributed by atoms with Crippen LogP contribution in [0.25, 0.3) is 11.0 Å². The van der Waals surface area contributed by atoms with Crippen LogP contribution in [0.3, 0.4) is 0 Å². The highest BCUT2D eigenvalue weighted by Gasteiger charge is 2.13. The van der Waals surface area contributed by atoms with E-state index >= 15 is 0 Å². The van der Waals surface area contributed by atoms with Gasteiger partial charge in [0.25, 0.3) is 5.91 Å². The number of hydrogen-bond acceptors (Lipinski definition) is 2. The third-order valence-electron chi connectivity index (χ3n) is 2.94. The fourth-order valence-corrected chi connectivity index (χ4v) is 2.21. The van der Waals surface area contributed by atoms with Gasteiger partial charge < -0.3 is 10.3 Å². The monoisotopic (exact) mass is 351 g/mol. The van der Waals surface area contributed by atoms with Gasteiger partial charge in [-0.3, -0.25) is 4.79 Å². The molecular formula is C14H8BrF2N3O. The fraction of sp³-hybridized carbons (Fsp3) is 0. The highest BCUT2D eigenvalue weighted by atomic mass is 79.9. The minimum Gasteiger partial charge on any atom is -0.345 e. The maximum atomic E-state index is 13.7. The number of nitrogens with one attached hydrogen (secondary N) is 2. The Morgan fingerprint density at radius 2 is 2.00 bits per heavy atom. The number of anilines is 1. The quantitative estimate of drug-likeness (QED) is 0.689. The van der Waals surface area contributed by atoms with Crippen LogP contribution in [0.5, 0.6) is 0 Å². The second-order valence-electron chi connectivity index (χ2n) is 4.33. The average Bonchev–Trinajstić information content (AvgIpc) is 2.92. The summed E-state index contributed by atoms with van der Waals surface area (Å²) in [5.74, 6) is -1.91. The summed E-state index contributed by atoms with van der Waals surface area (Å²) in [6.07, 6.45) is 1.51. The molecule has 21 heavy (non-hydrogen) atoms. The molecule has 3 rings (SSSR count). The molecule has 0 atom stereocenters. The van der Waals surface area contributed by atoms with Gasteiger partial charge in [0.05, 0.1) is 27.5 Å². The van der Waals surface area contributed by atoms with E-state index in [9.17, 15) is 13.6 Å². The van der Waals surface area contributed by atoms with Gasteiger partial charge in [0.2, 0.25) is 0 Å². The van der Waals surface area contributed by atoms with E-state index in [1.165, 1.54) is 6.33 Å². The maximum Gasteiger partial charge on any atom is 0.255 e. The van der Waals surface area contributed by atoms with Crippen molar-refractivity contribution in [1.82, 2.24) is 9.97 Å². The summed E-state index contributed by atoms with van der Waals surface area (Å²) < 4.78 is 27.1. The second kappa shape index (κ2) is 5.25. The third-order valence-corrected chi connectivity index (χ3v) is 3.55. The molecule has 0 fully saturated rings. The van der Waals surface area contributed by atoms with Gasteiger partial charge in [-0.15, -0.1) is 0 Å². The summed E-state index contributed by atoms with van der Waals surface area (Å²) in [5.41, 5.74) is 1.50. The van der Waals surface area contributed by atoms with Crippen molar-refractivity contribution in [3.8, 4) is 0 Å².